The summed E-state index contributed by atoms with van der Waals surface area (Å²) in [5.41, 5.74) is 5.59. The summed E-state index contributed by atoms with van der Waals surface area (Å²) in [6.07, 6.45) is 2.07. The van der Waals surface area contributed by atoms with E-state index in [9.17, 15) is 19.5 Å². The smallest absolute Gasteiger partial charge is 0.410 e. The molecule has 11 nitrogen and oxygen atoms in total. The van der Waals surface area contributed by atoms with Gasteiger partial charge in [0.1, 0.15) is 0 Å². The normalized spacial score (nSPS) is 14.6. The standard InChI is InChI=1S/C23H28N6O5/c1-4-34-22(32)28-11-7-18-17(14-28)20(21(24)31)26-29(18)19-13-16(6-10-25-19)5-8-23(33,15-30)9-12-27(2)3/h6,10,13,15,33H,4,7,9,11-12,14H2,1-3H3,(H2,24,31)/t23-/m0/s1. The minimum atomic E-state index is -1.77. The molecule has 3 N–H and O–H groups in total. The summed E-state index contributed by atoms with van der Waals surface area (Å²) < 4.78 is 6.58. The number of ether oxygens (including phenoxy) is 1. The zero-order valence-electron chi connectivity index (χ0n) is 19.4. The number of nitrogens with zero attached hydrogens (tertiary/aromatic N) is 5. The van der Waals surface area contributed by atoms with E-state index in [2.05, 4.69) is 21.9 Å². The second-order valence-electron chi connectivity index (χ2n) is 8.17. The van der Waals surface area contributed by atoms with Crippen LogP contribution in [-0.2, 0) is 22.5 Å². The predicted octanol–water partition coefficient (Wildman–Crippen LogP) is 0.114. The SMILES string of the molecule is CCOC(=O)N1CCc2c(c(C(N)=O)nn2-c2cc(C#C[C@@](O)(C=O)CCN(C)C)ccn2)C1. The van der Waals surface area contributed by atoms with Crippen molar-refractivity contribution in [3.63, 3.8) is 0 Å². The van der Waals surface area contributed by atoms with E-state index in [1.54, 1.807) is 19.1 Å². The fraction of sp³-hybridized carbons (Fsp3) is 0.435. The van der Waals surface area contributed by atoms with Gasteiger partial charge in [0.2, 0.25) is 0 Å². The minimum Gasteiger partial charge on any atom is -0.450 e. The van der Waals surface area contributed by atoms with Crippen LogP contribution in [0, 0.1) is 11.8 Å². The maximum Gasteiger partial charge on any atom is 0.410 e. The number of nitrogens with two attached hydrogens (primary N) is 1. The number of pyridine rings is 1. The summed E-state index contributed by atoms with van der Waals surface area (Å²) in [7, 11) is 3.68. The van der Waals surface area contributed by atoms with Gasteiger partial charge in [0.05, 0.1) is 18.8 Å². The van der Waals surface area contributed by atoms with Crippen LogP contribution in [0.2, 0.25) is 0 Å². The van der Waals surface area contributed by atoms with Crippen molar-refractivity contribution < 1.29 is 24.2 Å². The topological polar surface area (TPSA) is 144 Å². The van der Waals surface area contributed by atoms with Gasteiger partial charge in [0, 0.05) is 43.3 Å². The Hall–Kier alpha value is -3.75. The molecule has 0 fully saturated rings. The Morgan fingerprint density at radius 2 is 2.18 bits per heavy atom. The first-order chi connectivity index (χ1) is 16.2. The van der Waals surface area contributed by atoms with E-state index < -0.39 is 17.6 Å². The van der Waals surface area contributed by atoms with Gasteiger partial charge in [-0.1, -0.05) is 11.8 Å². The Bertz CT molecular complexity index is 1150. The van der Waals surface area contributed by atoms with Gasteiger partial charge in [0.15, 0.2) is 23.4 Å². The third kappa shape index (κ3) is 5.59. The molecule has 1 aliphatic rings. The first kappa shape index (κ1) is 24.9. The fourth-order valence-corrected chi connectivity index (χ4v) is 3.51. The Morgan fingerprint density at radius 1 is 1.41 bits per heavy atom. The van der Waals surface area contributed by atoms with Crippen molar-refractivity contribution in [1.82, 2.24) is 24.6 Å². The number of carbonyl (C=O) groups is 3. The van der Waals surface area contributed by atoms with Gasteiger partial charge in [-0.2, -0.15) is 5.10 Å². The molecule has 180 valence electrons. The third-order valence-electron chi connectivity index (χ3n) is 5.34. The average molecular weight is 469 g/mol. The van der Waals surface area contributed by atoms with Crippen molar-refractivity contribution in [3.05, 3.63) is 40.8 Å². The van der Waals surface area contributed by atoms with Crippen molar-refractivity contribution >= 4 is 18.3 Å². The molecule has 2 aromatic rings. The van der Waals surface area contributed by atoms with E-state index in [4.69, 9.17) is 10.5 Å². The minimum absolute atomic E-state index is 0.0568. The number of primary amides is 1. The predicted molar refractivity (Wildman–Crippen MR) is 122 cm³/mol. The first-order valence-corrected chi connectivity index (χ1v) is 10.8. The van der Waals surface area contributed by atoms with Gasteiger partial charge < -0.3 is 25.4 Å². The Labute approximate surface area is 197 Å². The van der Waals surface area contributed by atoms with Crippen LogP contribution in [0.4, 0.5) is 4.79 Å². The second kappa shape index (κ2) is 10.5. The van der Waals surface area contributed by atoms with Crippen molar-refractivity contribution in [2.24, 2.45) is 5.73 Å². The monoisotopic (exact) mass is 468 g/mol. The quantitative estimate of drug-likeness (QED) is 0.431. The van der Waals surface area contributed by atoms with E-state index >= 15 is 0 Å². The number of aromatic nitrogens is 3. The lowest BCUT2D eigenvalue weighted by Crippen LogP contribution is -2.37. The lowest BCUT2D eigenvalue weighted by molar-refractivity contribution is -0.119. The van der Waals surface area contributed by atoms with Gasteiger partial charge in [-0.3, -0.25) is 9.59 Å². The van der Waals surface area contributed by atoms with Crippen LogP contribution < -0.4 is 5.73 Å². The van der Waals surface area contributed by atoms with Crippen LogP contribution in [-0.4, -0.2) is 87.4 Å². The lowest BCUT2D eigenvalue weighted by atomic mass is 10.0. The number of fused-ring (bicyclic) bond motifs is 1. The molecule has 0 saturated carbocycles. The molecule has 0 unspecified atom stereocenters. The highest BCUT2D eigenvalue weighted by Crippen LogP contribution is 2.25. The summed E-state index contributed by atoms with van der Waals surface area (Å²) in [5.74, 6) is 5.13. The molecule has 1 aliphatic heterocycles. The molecule has 0 bridgehead atoms. The van der Waals surface area contributed by atoms with Crippen molar-refractivity contribution in [2.45, 2.75) is 31.9 Å². The number of amides is 2. The van der Waals surface area contributed by atoms with Crippen LogP contribution in [0.3, 0.4) is 0 Å². The van der Waals surface area contributed by atoms with E-state index in [1.807, 2.05) is 19.0 Å². The number of aldehydes is 1. The zero-order valence-corrected chi connectivity index (χ0v) is 19.4. The summed E-state index contributed by atoms with van der Waals surface area (Å²) >= 11 is 0. The molecule has 3 rings (SSSR count). The summed E-state index contributed by atoms with van der Waals surface area (Å²) in [6.45, 7) is 2.98. The second-order valence-corrected chi connectivity index (χ2v) is 8.17. The van der Waals surface area contributed by atoms with Gasteiger partial charge in [-0.05, 0) is 33.2 Å². The Morgan fingerprint density at radius 3 is 2.82 bits per heavy atom. The molecule has 1 atom stereocenters. The average Bonchev–Trinajstić information content (AvgIpc) is 3.21. The van der Waals surface area contributed by atoms with Crippen molar-refractivity contribution in [1.29, 1.82) is 0 Å². The molecule has 0 aliphatic carbocycles. The molecule has 0 aromatic carbocycles. The van der Waals surface area contributed by atoms with Crippen LogP contribution in [0.5, 0.6) is 0 Å². The van der Waals surface area contributed by atoms with Crippen LogP contribution in [0.25, 0.3) is 5.82 Å². The highest BCUT2D eigenvalue weighted by atomic mass is 16.6. The highest BCUT2D eigenvalue weighted by molar-refractivity contribution is 5.93. The first-order valence-electron chi connectivity index (χ1n) is 10.8. The van der Waals surface area contributed by atoms with Crippen molar-refractivity contribution in [2.75, 3.05) is 33.8 Å². The molecule has 0 radical (unpaired) electrons. The summed E-state index contributed by atoms with van der Waals surface area (Å²) in [6, 6.07) is 3.28. The largest absolute Gasteiger partial charge is 0.450 e. The Balaban J connectivity index is 1.94. The molecular formula is C23H28N6O5. The Kier molecular flexibility index (Phi) is 7.65. The number of carbonyl (C=O) groups excluding carboxylic acids is 3. The van der Waals surface area contributed by atoms with Gasteiger partial charge >= 0.3 is 6.09 Å². The molecule has 2 aromatic heterocycles. The highest BCUT2D eigenvalue weighted by Gasteiger charge is 2.30. The molecule has 11 heteroatoms. The van der Waals surface area contributed by atoms with Crippen LogP contribution in [0.15, 0.2) is 18.3 Å². The molecule has 2 amide bonds. The van der Waals surface area contributed by atoms with E-state index in [0.29, 0.717) is 48.4 Å². The summed E-state index contributed by atoms with van der Waals surface area (Å²) in [5, 5.41) is 14.8. The van der Waals surface area contributed by atoms with Crippen LogP contribution >= 0.6 is 0 Å². The maximum absolute atomic E-state index is 12.2. The number of rotatable bonds is 7. The number of aliphatic hydroxyl groups is 1. The van der Waals surface area contributed by atoms with E-state index in [-0.39, 0.29) is 25.3 Å². The van der Waals surface area contributed by atoms with E-state index in [1.165, 1.54) is 15.8 Å². The van der Waals surface area contributed by atoms with Gasteiger partial charge in [-0.15, -0.1) is 0 Å². The number of hydrogen-bond acceptors (Lipinski definition) is 8. The van der Waals surface area contributed by atoms with Crippen molar-refractivity contribution in [3.8, 4) is 17.7 Å². The van der Waals surface area contributed by atoms with E-state index in [0.717, 1.165) is 0 Å². The fourth-order valence-electron chi connectivity index (χ4n) is 3.51. The third-order valence-corrected chi connectivity index (χ3v) is 5.34. The van der Waals surface area contributed by atoms with Gasteiger partial charge in [0.25, 0.3) is 5.91 Å². The summed E-state index contributed by atoms with van der Waals surface area (Å²) in [4.78, 5) is 43.3. The molecule has 0 spiro atoms. The number of hydrogen-bond donors (Lipinski definition) is 2. The lowest BCUT2D eigenvalue weighted by Gasteiger charge is -2.26. The maximum atomic E-state index is 12.2. The molecule has 0 saturated heterocycles. The zero-order chi connectivity index (χ0) is 24.9. The van der Waals surface area contributed by atoms with Crippen LogP contribution in [0.1, 0.15) is 40.7 Å². The van der Waals surface area contributed by atoms with Gasteiger partial charge in [-0.25, -0.2) is 14.5 Å². The molecular weight excluding hydrogens is 440 g/mol. The molecule has 34 heavy (non-hydrogen) atoms. The molecule has 3 heterocycles.